The summed E-state index contributed by atoms with van der Waals surface area (Å²) in [6.45, 7) is 3.87. The largest absolute Gasteiger partial charge is 0.478 e. The summed E-state index contributed by atoms with van der Waals surface area (Å²) in [6.07, 6.45) is 1.28. The van der Waals surface area contributed by atoms with Crippen LogP contribution in [-0.4, -0.2) is 47.6 Å². The van der Waals surface area contributed by atoms with Crippen molar-refractivity contribution in [3.05, 3.63) is 17.5 Å². The molecule has 0 saturated carbocycles. The minimum atomic E-state index is -1.05. The van der Waals surface area contributed by atoms with Gasteiger partial charge in [-0.05, 0) is 6.92 Å². The highest BCUT2D eigenvalue weighted by atomic mass is 16.4. The average Bonchev–Trinajstić information content (AvgIpc) is 2.36. The molecule has 19 heavy (non-hydrogen) atoms. The van der Waals surface area contributed by atoms with E-state index in [2.05, 4.69) is 15.3 Å². The summed E-state index contributed by atoms with van der Waals surface area (Å²) in [4.78, 5) is 32.2. The predicted molar refractivity (Wildman–Crippen MR) is 70.2 cm³/mol. The van der Waals surface area contributed by atoms with Crippen molar-refractivity contribution in [1.29, 1.82) is 0 Å². The van der Waals surface area contributed by atoms with Gasteiger partial charge in [-0.1, -0.05) is 6.92 Å². The van der Waals surface area contributed by atoms with Gasteiger partial charge >= 0.3 is 5.97 Å². The van der Waals surface area contributed by atoms with Gasteiger partial charge in [-0.15, -0.1) is 0 Å². The zero-order valence-corrected chi connectivity index (χ0v) is 11.5. The Hall–Kier alpha value is -2.18. The highest BCUT2D eigenvalue weighted by Crippen LogP contribution is 2.11. The number of hydrogen-bond donors (Lipinski definition) is 2. The van der Waals surface area contributed by atoms with Gasteiger partial charge in [0.2, 0.25) is 11.9 Å². The maximum Gasteiger partial charge on any atom is 0.339 e. The standard InChI is InChI=1S/C12H18N4O3/c1-7(10(17)13-3)6-16(4)12-14-5-9(11(18)19)8(2)15-12/h5,7H,6H2,1-4H3,(H,13,17)(H,18,19). The van der Waals surface area contributed by atoms with Crippen molar-refractivity contribution >= 4 is 17.8 Å². The number of aromatic carboxylic acids is 1. The van der Waals surface area contributed by atoms with Crippen LogP contribution in [0.4, 0.5) is 5.95 Å². The van der Waals surface area contributed by atoms with Crippen LogP contribution < -0.4 is 10.2 Å². The van der Waals surface area contributed by atoms with Gasteiger partial charge in [0.05, 0.1) is 17.2 Å². The van der Waals surface area contributed by atoms with E-state index in [9.17, 15) is 9.59 Å². The van der Waals surface area contributed by atoms with E-state index in [1.54, 1.807) is 32.8 Å². The lowest BCUT2D eigenvalue weighted by Gasteiger charge is -2.21. The van der Waals surface area contributed by atoms with E-state index in [4.69, 9.17) is 5.11 Å². The first-order chi connectivity index (χ1) is 8.86. The van der Waals surface area contributed by atoms with E-state index in [1.807, 2.05) is 0 Å². The molecule has 0 radical (unpaired) electrons. The number of anilines is 1. The molecule has 1 unspecified atom stereocenters. The predicted octanol–water partition coefficient (Wildman–Crippen LogP) is 0.302. The second-order valence-electron chi connectivity index (χ2n) is 4.37. The Bertz CT molecular complexity index is 490. The molecule has 0 bridgehead atoms. The number of nitrogens with zero attached hydrogens (tertiary/aromatic N) is 3. The smallest absolute Gasteiger partial charge is 0.339 e. The lowest BCUT2D eigenvalue weighted by Crippen LogP contribution is -2.35. The summed E-state index contributed by atoms with van der Waals surface area (Å²) in [7, 11) is 3.34. The lowest BCUT2D eigenvalue weighted by atomic mass is 10.1. The molecule has 7 heteroatoms. The van der Waals surface area contributed by atoms with E-state index in [-0.39, 0.29) is 17.4 Å². The van der Waals surface area contributed by atoms with Gasteiger partial charge in [0.25, 0.3) is 0 Å². The number of hydrogen-bond acceptors (Lipinski definition) is 5. The van der Waals surface area contributed by atoms with Crippen LogP contribution in [0.15, 0.2) is 6.20 Å². The van der Waals surface area contributed by atoms with Crippen LogP contribution in [-0.2, 0) is 4.79 Å². The summed E-state index contributed by atoms with van der Waals surface area (Å²) < 4.78 is 0. The Kier molecular flexibility index (Phi) is 4.80. The molecule has 1 amide bonds. The fourth-order valence-electron chi connectivity index (χ4n) is 1.67. The molecule has 1 rings (SSSR count). The monoisotopic (exact) mass is 266 g/mol. The van der Waals surface area contributed by atoms with Crippen LogP contribution in [0.3, 0.4) is 0 Å². The van der Waals surface area contributed by atoms with Crippen molar-refractivity contribution in [3.8, 4) is 0 Å². The lowest BCUT2D eigenvalue weighted by molar-refractivity contribution is -0.123. The van der Waals surface area contributed by atoms with E-state index in [0.717, 1.165) is 0 Å². The highest BCUT2D eigenvalue weighted by Gasteiger charge is 2.17. The molecule has 0 saturated heterocycles. The van der Waals surface area contributed by atoms with Crippen LogP contribution in [0.2, 0.25) is 0 Å². The van der Waals surface area contributed by atoms with Crippen LogP contribution in [0.5, 0.6) is 0 Å². The van der Waals surface area contributed by atoms with Crippen molar-refractivity contribution < 1.29 is 14.7 Å². The van der Waals surface area contributed by atoms with Crippen LogP contribution >= 0.6 is 0 Å². The normalized spacial score (nSPS) is 11.8. The molecule has 0 aliphatic carbocycles. The molecule has 0 spiro atoms. The number of aryl methyl sites for hydroxylation is 1. The van der Waals surface area contributed by atoms with Crippen LogP contribution in [0.1, 0.15) is 23.0 Å². The van der Waals surface area contributed by atoms with Gasteiger partial charge in [0, 0.05) is 26.8 Å². The van der Waals surface area contributed by atoms with Crippen LogP contribution in [0.25, 0.3) is 0 Å². The van der Waals surface area contributed by atoms with E-state index in [1.165, 1.54) is 6.20 Å². The van der Waals surface area contributed by atoms with Gasteiger partial charge in [-0.3, -0.25) is 4.79 Å². The number of rotatable bonds is 5. The first kappa shape index (κ1) is 14.9. The molecule has 104 valence electrons. The average molecular weight is 266 g/mol. The number of carboxylic acid groups (broad SMARTS) is 1. The zero-order chi connectivity index (χ0) is 14.6. The molecule has 1 aromatic rings. The summed E-state index contributed by atoms with van der Waals surface area (Å²) >= 11 is 0. The summed E-state index contributed by atoms with van der Waals surface area (Å²) in [6, 6.07) is 0. The van der Waals surface area contributed by atoms with Crippen molar-refractivity contribution in [2.45, 2.75) is 13.8 Å². The minimum Gasteiger partial charge on any atom is -0.478 e. The molecule has 7 nitrogen and oxygen atoms in total. The van der Waals surface area contributed by atoms with Gasteiger partial charge in [0.1, 0.15) is 0 Å². The molecule has 0 aromatic carbocycles. The SMILES string of the molecule is CNC(=O)C(C)CN(C)c1ncc(C(=O)O)c(C)n1. The first-order valence-electron chi connectivity index (χ1n) is 5.86. The van der Waals surface area contributed by atoms with Gasteiger partial charge < -0.3 is 15.3 Å². The number of carboxylic acids is 1. The van der Waals surface area contributed by atoms with E-state index >= 15 is 0 Å². The molecular weight excluding hydrogens is 248 g/mol. The Balaban J connectivity index is 2.83. The van der Waals surface area contributed by atoms with E-state index < -0.39 is 5.97 Å². The molecule has 1 aromatic heterocycles. The molecule has 0 aliphatic heterocycles. The minimum absolute atomic E-state index is 0.0641. The topological polar surface area (TPSA) is 95.4 Å². The molecular formula is C12H18N4O3. The zero-order valence-electron chi connectivity index (χ0n) is 11.5. The second-order valence-corrected chi connectivity index (χ2v) is 4.37. The van der Waals surface area contributed by atoms with Crippen LogP contribution in [0, 0.1) is 12.8 Å². The van der Waals surface area contributed by atoms with Crippen molar-refractivity contribution in [2.75, 3.05) is 25.5 Å². The van der Waals surface area contributed by atoms with Gasteiger partial charge in [-0.2, -0.15) is 0 Å². The summed E-state index contributed by atoms with van der Waals surface area (Å²) in [5.41, 5.74) is 0.480. The fraction of sp³-hybridized carbons (Fsp3) is 0.500. The van der Waals surface area contributed by atoms with Crippen molar-refractivity contribution in [1.82, 2.24) is 15.3 Å². The number of amides is 1. The summed E-state index contributed by atoms with van der Waals surface area (Å²) in [5.74, 6) is -0.924. The maximum atomic E-state index is 11.4. The Morgan fingerprint density at radius 1 is 1.53 bits per heavy atom. The fourth-order valence-corrected chi connectivity index (χ4v) is 1.67. The second kappa shape index (κ2) is 6.12. The van der Waals surface area contributed by atoms with Crippen molar-refractivity contribution in [3.63, 3.8) is 0 Å². The number of nitrogens with one attached hydrogen (secondary N) is 1. The highest BCUT2D eigenvalue weighted by molar-refractivity contribution is 5.88. The number of aromatic nitrogens is 2. The third kappa shape index (κ3) is 3.64. The number of carbonyl (C=O) groups is 2. The Labute approximate surface area is 111 Å². The first-order valence-corrected chi connectivity index (χ1v) is 5.86. The molecule has 1 heterocycles. The third-order valence-electron chi connectivity index (χ3n) is 2.78. The maximum absolute atomic E-state index is 11.4. The molecule has 1 atom stereocenters. The Morgan fingerprint density at radius 3 is 2.63 bits per heavy atom. The number of carbonyl (C=O) groups excluding carboxylic acids is 1. The van der Waals surface area contributed by atoms with Gasteiger partial charge in [0.15, 0.2) is 0 Å². The molecule has 0 aliphatic rings. The van der Waals surface area contributed by atoms with Gasteiger partial charge in [-0.25, -0.2) is 14.8 Å². The quantitative estimate of drug-likeness (QED) is 0.796. The third-order valence-corrected chi connectivity index (χ3v) is 2.78. The Morgan fingerprint density at radius 2 is 2.16 bits per heavy atom. The molecule has 2 N–H and O–H groups in total. The van der Waals surface area contributed by atoms with E-state index in [0.29, 0.717) is 18.2 Å². The summed E-state index contributed by atoms with van der Waals surface area (Å²) in [5, 5.41) is 11.5. The molecule has 0 fully saturated rings. The van der Waals surface area contributed by atoms with Crippen molar-refractivity contribution in [2.24, 2.45) is 5.92 Å².